The van der Waals surface area contributed by atoms with E-state index < -0.39 is 5.54 Å². The Hall–Kier alpha value is -1.29. The summed E-state index contributed by atoms with van der Waals surface area (Å²) in [6, 6.07) is 3.49. The summed E-state index contributed by atoms with van der Waals surface area (Å²) in [6.45, 7) is 1.97. The van der Waals surface area contributed by atoms with Crippen LogP contribution in [0.5, 0.6) is 0 Å². The molecule has 4 nitrogen and oxygen atoms in total. The molecule has 1 fully saturated rings. The SMILES string of the molecule is CCc1ccc(C(=O)NC2(CO)CCC2)o1. The standard InChI is InChI=1S/C12H17NO3/c1-2-9-4-5-10(16-9)11(15)13-12(8-14)6-3-7-12/h4-5,14H,2-3,6-8H2,1H3,(H,13,15). The lowest BCUT2D eigenvalue weighted by molar-refractivity contribution is 0.0618. The molecule has 4 heteroatoms. The predicted octanol–water partition coefficient (Wildman–Crippen LogP) is 1.49. The maximum absolute atomic E-state index is 11.8. The van der Waals surface area contributed by atoms with E-state index in [1.165, 1.54) is 0 Å². The first-order valence-electron chi connectivity index (χ1n) is 5.71. The fraction of sp³-hybridized carbons (Fsp3) is 0.583. The highest BCUT2D eigenvalue weighted by molar-refractivity contribution is 5.92. The molecule has 1 aliphatic rings. The summed E-state index contributed by atoms with van der Waals surface area (Å²) in [5, 5.41) is 12.1. The van der Waals surface area contributed by atoms with Gasteiger partial charge in [0, 0.05) is 6.42 Å². The van der Waals surface area contributed by atoms with E-state index in [9.17, 15) is 9.90 Å². The fourth-order valence-electron chi connectivity index (χ4n) is 1.92. The van der Waals surface area contributed by atoms with Gasteiger partial charge < -0.3 is 14.8 Å². The fourth-order valence-corrected chi connectivity index (χ4v) is 1.92. The Kier molecular flexibility index (Phi) is 3.01. The first kappa shape index (κ1) is 11.2. The number of carbonyl (C=O) groups excluding carboxylic acids is 1. The quantitative estimate of drug-likeness (QED) is 0.812. The molecule has 1 heterocycles. The molecule has 0 aromatic carbocycles. The van der Waals surface area contributed by atoms with Crippen molar-refractivity contribution in [1.29, 1.82) is 0 Å². The van der Waals surface area contributed by atoms with Crippen molar-refractivity contribution in [3.05, 3.63) is 23.7 Å². The maximum Gasteiger partial charge on any atom is 0.287 e. The number of hydrogen-bond acceptors (Lipinski definition) is 3. The number of aliphatic hydroxyl groups is 1. The lowest BCUT2D eigenvalue weighted by Crippen LogP contribution is -2.56. The van der Waals surface area contributed by atoms with Gasteiger partial charge in [0.25, 0.3) is 5.91 Å². The molecule has 16 heavy (non-hydrogen) atoms. The van der Waals surface area contributed by atoms with Gasteiger partial charge in [-0.25, -0.2) is 0 Å². The minimum atomic E-state index is -0.406. The Bertz CT molecular complexity index is 374. The number of aryl methyl sites for hydroxylation is 1. The minimum Gasteiger partial charge on any atom is -0.456 e. The summed E-state index contributed by atoms with van der Waals surface area (Å²) >= 11 is 0. The molecular formula is C12H17NO3. The van der Waals surface area contributed by atoms with E-state index in [0.29, 0.717) is 5.76 Å². The molecular weight excluding hydrogens is 206 g/mol. The largest absolute Gasteiger partial charge is 0.456 e. The van der Waals surface area contributed by atoms with E-state index in [4.69, 9.17) is 4.42 Å². The van der Waals surface area contributed by atoms with Crippen LogP contribution in [0, 0.1) is 0 Å². The first-order chi connectivity index (χ1) is 7.69. The van der Waals surface area contributed by atoms with Gasteiger partial charge in [0.05, 0.1) is 12.1 Å². The topological polar surface area (TPSA) is 62.5 Å². The number of amides is 1. The number of carbonyl (C=O) groups is 1. The Morgan fingerprint density at radius 2 is 2.31 bits per heavy atom. The van der Waals surface area contributed by atoms with Gasteiger partial charge in [0.15, 0.2) is 5.76 Å². The minimum absolute atomic E-state index is 0.0000828. The Labute approximate surface area is 94.6 Å². The second kappa shape index (κ2) is 4.29. The van der Waals surface area contributed by atoms with Crippen molar-refractivity contribution in [3.8, 4) is 0 Å². The molecule has 88 valence electrons. The van der Waals surface area contributed by atoms with Crippen LogP contribution in [-0.2, 0) is 6.42 Å². The highest BCUT2D eigenvalue weighted by Gasteiger charge is 2.38. The molecule has 0 spiro atoms. The molecule has 0 atom stereocenters. The number of hydrogen-bond donors (Lipinski definition) is 2. The van der Waals surface area contributed by atoms with Gasteiger partial charge in [-0.3, -0.25) is 4.79 Å². The van der Waals surface area contributed by atoms with Crippen molar-refractivity contribution in [2.24, 2.45) is 0 Å². The third kappa shape index (κ3) is 1.97. The third-order valence-corrected chi connectivity index (χ3v) is 3.23. The number of furan rings is 1. The number of rotatable bonds is 4. The highest BCUT2D eigenvalue weighted by Crippen LogP contribution is 2.31. The van der Waals surface area contributed by atoms with E-state index in [2.05, 4.69) is 5.32 Å². The molecule has 1 saturated carbocycles. The molecule has 0 unspecified atom stereocenters. The highest BCUT2D eigenvalue weighted by atomic mass is 16.3. The van der Waals surface area contributed by atoms with Crippen LogP contribution in [0.25, 0.3) is 0 Å². The summed E-state index contributed by atoms with van der Waals surface area (Å²) in [7, 11) is 0. The molecule has 1 aliphatic carbocycles. The normalized spacial score (nSPS) is 17.9. The van der Waals surface area contributed by atoms with Gasteiger partial charge in [0.1, 0.15) is 5.76 Å². The van der Waals surface area contributed by atoms with Gasteiger partial charge >= 0.3 is 0 Å². The summed E-state index contributed by atoms with van der Waals surface area (Å²) in [5.74, 6) is 0.904. The molecule has 1 amide bonds. The van der Waals surface area contributed by atoms with Crippen molar-refractivity contribution in [2.45, 2.75) is 38.1 Å². The van der Waals surface area contributed by atoms with Crippen LogP contribution in [0.3, 0.4) is 0 Å². The van der Waals surface area contributed by atoms with E-state index in [0.717, 1.165) is 31.4 Å². The molecule has 0 radical (unpaired) electrons. The summed E-state index contributed by atoms with van der Waals surface area (Å²) in [5.41, 5.74) is -0.406. The molecule has 2 rings (SSSR count). The zero-order valence-corrected chi connectivity index (χ0v) is 9.45. The van der Waals surface area contributed by atoms with Crippen LogP contribution < -0.4 is 5.32 Å². The zero-order valence-electron chi connectivity index (χ0n) is 9.45. The van der Waals surface area contributed by atoms with Crippen LogP contribution in [0.15, 0.2) is 16.5 Å². The van der Waals surface area contributed by atoms with E-state index in [1.54, 1.807) is 12.1 Å². The molecule has 1 aromatic heterocycles. The van der Waals surface area contributed by atoms with E-state index in [1.807, 2.05) is 6.92 Å². The van der Waals surface area contributed by atoms with Crippen LogP contribution in [0.2, 0.25) is 0 Å². The predicted molar refractivity (Wildman–Crippen MR) is 59.2 cm³/mol. The van der Waals surface area contributed by atoms with Crippen molar-refractivity contribution in [1.82, 2.24) is 5.32 Å². The second-order valence-corrected chi connectivity index (χ2v) is 4.37. The average molecular weight is 223 g/mol. The van der Waals surface area contributed by atoms with E-state index >= 15 is 0 Å². The summed E-state index contributed by atoms with van der Waals surface area (Å²) < 4.78 is 5.36. The maximum atomic E-state index is 11.8. The van der Waals surface area contributed by atoms with Crippen LogP contribution >= 0.6 is 0 Å². The lowest BCUT2D eigenvalue weighted by Gasteiger charge is -2.40. The van der Waals surface area contributed by atoms with Gasteiger partial charge in [-0.2, -0.15) is 0 Å². The smallest absolute Gasteiger partial charge is 0.287 e. The summed E-state index contributed by atoms with van der Waals surface area (Å²) in [6.07, 6.45) is 3.52. The second-order valence-electron chi connectivity index (χ2n) is 4.37. The summed E-state index contributed by atoms with van der Waals surface area (Å²) in [4.78, 5) is 11.8. The molecule has 0 bridgehead atoms. The molecule has 1 aromatic rings. The number of nitrogens with one attached hydrogen (secondary N) is 1. The van der Waals surface area contributed by atoms with Crippen molar-refractivity contribution in [3.63, 3.8) is 0 Å². The number of aliphatic hydroxyl groups excluding tert-OH is 1. The van der Waals surface area contributed by atoms with Gasteiger partial charge in [0.2, 0.25) is 0 Å². The van der Waals surface area contributed by atoms with Crippen molar-refractivity contribution >= 4 is 5.91 Å². The molecule has 0 aliphatic heterocycles. The third-order valence-electron chi connectivity index (χ3n) is 3.23. The van der Waals surface area contributed by atoms with Crippen LogP contribution in [0.1, 0.15) is 42.5 Å². The van der Waals surface area contributed by atoms with Crippen LogP contribution in [-0.4, -0.2) is 23.2 Å². The van der Waals surface area contributed by atoms with Gasteiger partial charge in [-0.1, -0.05) is 6.92 Å². The van der Waals surface area contributed by atoms with Crippen molar-refractivity contribution < 1.29 is 14.3 Å². The average Bonchev–Trinajstić information content (AvgIpc) is 2.71. The van der Waals surface area contributed by atoms with Crippen LogP contribution in [0.4, 0.5) is 0 Å². The first-order valence-corrected chi connectivity index (χ1v) is 5.71. The Morgan fingerprint density at radius 3 is 2.75 bits per heavy atom. The lowest BCUT2D eigenvalue weighted by atomic mass is 9.77. The molecule has 2 N–H and O–H groups in total. The molecule has 0 saturated heterocycles. The Morgan fingerprint density at radius 1 is 1.56 bits per heavy atom. The Balaban J connectivity index is 2.02. The van der Waals surface area contributed by atoms with E-state index in [-0.39, 0.29) is 12.5 Å². The van der Waals surface area contributed by atoms with Gasteiger partial charge in [-0.05, 0) is 31.4 Å². The van der Waals surface area contributed by atoms with Gasteiger partial charge in [-0.15, -0.1) is 0 Å². The zero-order chi connectivity index (χ0) is 11.6. The monoisotopic (exact) mass is 223 g/mol. The van der Waals surface area contributed by atoms with Crippen molar-refractivity contribution in [2.75, 3.05) is 6.61 Å².